The summed E-state index contributed by atoms with van der Waals surface area (Å²) in [4.78, 5) is 3.11. The molecule has 0 spiro atoms. The summed E-state index contributed by atoms with van der Waals surface area (Å²) in [6.45, 7) is 1.69. The Morgan fingerprint density at radius 3 is 2.24 bits per heavy atom. The number of aromatic amines is 1. The molecule has 0 unspecified atom stereocenters. The van der Waals surface area contributed by atoms with E-state index in [2.05, 4.69) is 4.98 Å². The molecule has 0 saturated heterocycles. The van der Waals surface area contributed by atoms with E-state index in [1.165, 1.54) is 30.3 Å². The monoisotopic (exact) mass is 369 g/mol. The van der Waals surface area contributed by atoms with E-state index < -0.39 is 21.6 Å². The standard InChI is InChI=1S/C17H14F3NO3S/c1-10-16(24-12-4-6-13(7-5-12)25(2,22)23)14-9-11(17(18,19)20)3-8-15(14)21-10/h3-9,21H,1-2H3. The zero-order valence-electron chi connectivity index (χ0n) is 13.3. The highest BCUT2D eigenvalue weighted by Gasteiger charge is 2.31. The predicted octanol–water partition coefficient (Wildman–Crippen LogP) is 4.69. The number of hydrogen-bond donors (Lipinski definition) is 1. The van der Waals surface area contributed by atoms with Gasteiger partial charge in [0.1, 0.15) is 5.75 Å². The van der Waals surface area contributed by atoms with Crippen LogP contribution in [0, 0.1) is 6.92 Å². The average Bonchev–Trinajstić information content (AvgIpc) is 2.81. The molecule has 1 heterocycles. The minimum Gasteiger partial charge on any atom is -0.455 e. The van der Waals surface area contributed by atoms with Crippen molar-refractivity contribution in [2.24, 2.45) is 0 Å². The number of fused-ring (bicyclic) bond motifs is 1. The molecule has 2 aromatic carbocycles. The molecule has 132 valence electrons. The van der Waals surface area contributed by atoms with Gasteiger partial charge in [-0.25, -0.2) is 8.42 Å². The molecular weight excluding hydrogens is 355 g/mol. The van der Waals surface area contributed by atoms with Gasteiger partial charge in [0, 0.05) is 17.2 Å². The molecule has 0 fully saturated rings. The lowest BCUT2D eigenvalue weighted by molar-refractivity contribution is -0.137. The molecule has 0 atom stereocenters. The van der Waals surface area contributed by atoms with Crippen molar-refractivity contribution in [2.45, 2.75) is 18.0 Å². The maximum atomic E-state index is 12.9. The molecule has 0 bridgehead atoms. The third-order valence-corrected chi connectivity index (χ3v) is 4.85. The summed E-state index contributed by atoms with van der Waals surface area (Å²) >= 11 is 0. The number of H-pyrrole nitrogens is 1. The second-order valence-electron chi connectivity index (χ2n) is 5.68. The highest BCUT2D eigenvalue weighted by molar-refractivity contribution is 7.90. The largest absolute Gasteiger partial charge is 0.455 e. The number of rotatable bonds is 3. The lowest BCUT2D eigenvalue weighted by atomic mass is 10.1. The second kappa shape index (κ2) is 5.80. The number of ether oxygens (including phenoxy) is 1. The van der Waals surface area contributed by atoms with Gasteiger partial charge in [-0.05, 0) is 49.4 Å². The first-order valence-corrected chi connectivity index (χ1v) is 9.12. The molecule has 0 saturated carbocycles. The summed E-state index contributed by atoms with van der Waals surface area (Å²) < 4.78 is 67.4. The molecular formula is C17H14F3NO3S. The van der Waals surface area contributed by atoms with E-state index in [0.29, 0.717) is 22.3 Å². The van der Waals surface area contributed by atoms with Crippen molar-refractivity contribution in [1.29, 1.82) is 0 Å². The van der Waals surface area contributed by atoms with Crippen LogP contribution < -0.4 is 4.74 Å². The second-order valence-corrected chi connectivity index (χ2v) is 7.70. The molecule has 25 heavy (non-hydrogen) atoms. The number of aryl methyl sites for hydroxylation is 1. The van der Waals surface area contributed by atoms with Crippen LogP contribution in [0.4, 0.5) is 13.2 Å². The Labute approximate surface area is 142 Å². The van der Waals surface area contributed by atoms with Crippen LogP contribution in [0.1, 0.15) is 11.3 Å². The van der Waals surface area contributed by atoms with E-state index in [1.807, 2.05) is 0 Å². The average molecular weight is 369 g/mol. The topological polar surface area (TPSA) is 59.2 Å². The summed E-state index contributed by atoms with van der Waals surface area (Å²) in [5, 5.41) is 0.305. The van der Waals surface area contributed by atoms with E-state index >= 15 is 0 Å². The lowest BCUT2D eigenvalue weighted by Crippen LogP contribution is -2.04. The van der Waals surface area contributed by atoms with Crippen molar-refractivity contribution < 1.29 is 26.3 Å². The number of benzene rings is 2. The Hall–Kier alpha value is -2.48. The summed E-state index contributed by atoms with van der Waals surface area (Å²) in [6.07, 6.45) is -3.36. The van der Waals surface area contributed by atoms with Crippen LogP contribution in [-0.2, 0) is 16.0 Å². The maximum Gasteiger partial charge on any atom is 0.416 e. The zero-order valence-corrected chi connectivity index (χ0v) is 14.1. The quantitative estimate of drug-likeness (QED) is 0.729. The third kappa shape index (κ3) is 3.48. The fraction of sp³-hybridized carbons (Fsp3) is 0.176. The molecule has 0 radical (unpaired) electrons. The van der Waals surface area contributed by atoms with Crippen LogP contribution >= 0.6 is 0 Å². The zero-order chi connectivity index (χ0) is 18.4. The van der Waals surface area contributed by atoms with Gasteiger partial charge in [-0.1, -0.05) is 0 Å². The molecule has 1 N–H and O–H groups in total. The highest BCUT2D eigenvalue weighted by Crippen LogP contribution is 2.38. The van der Waals surface area contributed by atoms with Gasteiger partial charge in [-0.2, -0.15) is 13.2 Å². The fourth-order valence-corrected chi connectivity index (χ4v) is 3.11. The van der Waals surface area contributed by atoms with Gasteiger partial charge in [0.05, 0.1) is 16.2 Å². The minimum atomic E-state index is -4.45. The van der Waals surface area contributed by atoms with Gasteiger partial charge in [-0.3, -0.25) is 0 Å². The Balaban J connectivity index is 2.02. The van der Waals surface area contributed by atoms with E-state index in [4.69, 9.17) is 4.74 Å². The summed E-state index contributed by atoms with van der Waals surface area (Å²) in [7, 11) is -3.33. The fourth-order valence-electron chi connectivity index (χ4n) is 2.48. The summed E-state index contributed by atoms with van der Waals surface area (Å²) in [6, 6.07) is 9.07. The number of alkyl halides is 3. The van der Waals surface area contributed by atoms with Gasteiger partial charge in [0.25, 0.3) is 0 Å². The Bertz CT molecular complexity index is 1040. The van der Waals surface area contributed by atoms with Gasteiger partial charge in [0.2, 0.25) is 0 Å². The molecule has 0 aliphatic carbocycles. The van der Waals surface area contributed by atoms with Crippen LogP contribution in [0.2, 0.25) is 0 Å². The number of halogens is 3. The van der Waals surface area contributed by atoms with Crippen molar-refractivity contribution in [3.8, 4) is 11.5 Å². The molecule has 0 aliphatic rings. The van der Waals surface area contributed by atoms with Gasteiger partial charge in [0.15, 0.2) is 15.6 Å². The Morgan fingerprint density at radius 2 is 1.68 bits per heavy atom. The van der Waals surface area contributed by atoms with Crippen LogP contribution in [0.25, 0.3) is 10.9 Å². The number of hydrogen-bond acceptors (Lipinski definition) is 3. The molecule has 0 amide bonds. The predicted molar refractivity (Wildman–Crippen MR) is 87.7 cm³/mol. The van der Waals surface area contributed by atoms with Crippen LogP contribution in [-0.4, -0.2) is 19.7 Å². The molecule has 1 aromatic heterocycles. The van der Waals surface area contributed by atoms with Crippen molar-refractivity contribution >= 4 is 20.7 Å². The molecule has 3 aromatic rings. The third-order valence-electron chi connectivity index (χ3n) is 3.73. The Morgan fingerprint density at radius 1 is 1.04 bits per heavy atom. The van der Waals surface area contributed by atoms with Crippen molar-refractivity contribution in [2.75, 3.05) is 6.26 Å². The number of nitrogens with one attached hydrogen (secondary N) is 1. The minimum absolute atomic E-state index is 0.134. The van der Waals surface area contributed by atoms with E-state index in [1.54, 1.807) is 6.92 Å². The molecule has 0 aliphatic heterocycles. The van der Waals surface area contributed by atoms with Crippen LogP contribution in [0.15, 0.2) is 47.4 Å². The van der Waals surface area contributed by atoms with Crippen molar-refractivity contribution in [1.82, 2.24) is 4.98 Å². The SMILES string of the molecule is Cc1[nH]c2ccc(C(F)(F)F)cc2c1Oc1ccc(S(C)(=O)=O)cc1. The summed E-state index contributed by atoms with van der Waals surface area (Å²) in [5.41, 5.74) is 0.325. The van der Waals surface area contributed by atoms with Crippen molar-refractivity contribution in [3.63, 3.8) is 0 Å². The van der Waals surface area contributed by atoms with E-state index in [9.17, 15) is 21.6 Å². The van der Waals surface area contributed by atoms with Gasteiger partial charge >= 0.3 is 6.18 Å². The Kier molecular flexibility index (Phi) is 4.03. The van der Waals surface area contributed by atoms with Gasteiger partial charge < -0.3 is 9.72 Å². The first-order chi connectivity index (χ1) is 11.6. The first kappa shape index (κ1) is 17.3. The van der Waals surface area contributed by atoms with Crippen LogP contribution in [0.5, 0.6) is 11.5 Å². The van der Waals surface area contributed by atoms with Crippen molar-refractivity contribution in [3.05, 3.63) is 53.7 Å². The molecule has 8 heteroatoms. The maximum absolute atomic E-state index is 12.9. The van der Waals surface area contributed by atoms with E-state index in [-0.39, 0.29) is 10.6 Å². The molecule has 3 rings (SSSR count). The number of aromatic nitrogens is 1. The van der Waals surface area contributed by atoms with Gasteiger partial charge in [-0.15, -0.1) is 0 Å². The highest BCUT2D eigenvalue weighted by atomic mass is 32.2. The van der Waals surface area contributed by atoms with Crippen LogP contribution in [0.3, 0.4) is 0 Å². The summed E-state index contributed by atoms with van der Waals surface area (Å²) in [5.74, 6) is 0.599. The normalized spacial score (nSPS) is 12.5. The number of sulfone groups is 1. The molecule has 4 nitrogen and oxygen atoms in total. The smallest absolute Gasteiger partial charge is 0.416 e. The lowest BCUT2D eigenvalue weighted by Gasteiger charge is -2.09. The first-order valence-electron chi connectivity index (χ1n) is 7.23. The van der Waals surface area contributed by atoms with E-state index in [0.717, 1.165) is 18.4 Å².